The molecule has 2 N–H and O–H groups in total. The van der Waals surface area contributed by atoms with Crippen molar-refractivity contribution in [2.75, 3.05) is 0 Å². The largest absolute Gasteiger partial charge is 0.369 e. The van der Waals surface area contributed by atoms with Crippen LogP contribution >= 0.6 is 0 Å². The molecule has 0 aliphatic rings. The summed E-state index contributed by atoms with van der Waals surface area (Å²) in [7, 11) is 2.02. The summed E-state index contributed by atoms with van der Waals surface area (Å²) in [5, 5.41) is -0.265. The fourth-order valence-corrected chi connectivity index (χ4v) is 3.12. The average Bonchev–Trinajstić information content (AvgIpc) is 2.24. The Morgan fingerprint density at radius 1 is 1.14 bits per heavy atom. The minimum Gasteiger partial charge on any atom is -0.369 e. The molecule has 3 nitrogen and oxygen atoms in total. The Kier molecular flexibility index (Phi) is 6.71. The van der Waals surface area contributed by atoms with Crippen molar-refractivity contribution < 1.29 is 9.59 Å². The zero-order valence-electron chi connectivity index (χ0n) is 15.3. The smallest absolute Gasteiger partial charge is 0.223 e. The third-order valence-electron chi connectivity index (χ3n) is 4.71. The van der Waals surface area contributed by atoms with Gasteiger partial charge in [0.05, 0.1) is 0 Å². The molecule has 0 aliphatic heterocycles. The molecule has 122 valence electrons. The normalized spacial score (nSPS) is 17.1. The molecule has 0 saturated heterocycles. The molecule has 0 saturated carbocycles. The van der Waals surface area contributed by atoms with Crippen LogP contribution in [0, 0.1) is 16.7 Å². The van der Waals surface area contributed by atoms with Crippen molar-refractivity contribution in [3.05, 3.63) is 0 Å². The average molecular weight is 295 g/mol. The number of amides is 1. The summed E-state index contributed by atoms with van der Waals surface area (Å²) in [6, 6.07) is 0. The van der Waals surface area contributed by atoms with Crippen molar-refractivity contribution in [2.24, 2.45) is 22.5 Å². The lowest BCUT2D eigenvalue weighted by Gasteiger charge is -2.35. The molecule has 0 heterocycles. The van der Waals surface area contributed by atoms with Crippen molar-refractivity contribution >= 4 is 19.5 Å². The lowest BCUT2D eigenvalue weighted by Crippen LogP contribution is -2.33. The molecule has 0 aliphatic carbocycles. The first kappa shape index (κ1) is 20.2. The molecule has 0 aromatic carbocycles. The number of hydrogen-bond donors (Lipinski definition) is 1. The minimum atomic E-state index is -0.442. The summed E-state index contributed by atoms with van der Waals surface area (Å²) < 4.78 is 0. The molecule has 0 rings (SSSR count). The summed E-state index contributed by atoms with van der Waals surface area (Å²) in [6.07, 6.45) is 3.81. The van der Waals surface area contributed by atoms with Crippen LogP contribution in [0.3, 0.4) is 0 Å². The first-order valence-electron chi connectivity index (χ1n) is 8.00. The van der Waals surface area contributed by atoms with Gasteiger partial charge in [-0.3, -0.25) is 4.79 Å². The van der Waals surface area contributed by atoms with E-state index in [0.29, 0.717) is 5.92 Å². The van der Waals surface area contributed by atoms with Crippen molar-refractivity contribution in [1.29, 1.82) is 0 Å². The van der Waals surface area contributed by atoms with Gasteiger partial charge >= 0.3 is 0 Å². The van der Waals surface area contributed by atoms with Crippen LogP contribution in [0.1, 0.15) is 74.1 Å². The van der Waals surface area contributed by atoms with Crippen molar-refractivity contribution in [1.82, 2.24) is 0 Å². The number of rotatable bonds is 9. The van der Waals surface area contributed by atoms with Gasteiger partial charge in [0.1, 0.15) is 13.6 Å². The molecule has 0 bridgehead atoms. The maximum absolute atomic E-state index is 11.7. The quantitative estimate of drug-likeness (QED) is 0.664. The van der Waals surface area contributed by atoms with E-state index in [-0.39, 0.29) is 22.4 Å². The second kappa shape index (κ2) is 6.98. The van der Waals surface area contributed by atoms with Crippen LogP contribution in [0.4, 0.5) is 0 Å². The van der Waals surface area contributed by atoms with E-state index >= 15 is 0 Å². The Morgan fingerprint density at radius 2 is 1.62 bits per heavy atom. The molecular weight excluding hydrogens is 261 g/mol. The molecular formula is C17H34BNO2. The Hall–Kier alpha value is -0.795. The number of primary amides is 1. The topological polar surface area (TPSA) is 60.2 Å². The van der Waals surface area contributed by atoms with Gasteiger partial charge in [0.25, 0.3) is 0 Å². The predicted octanol–water partition coefficient (Wildman–Crippen LogP) is 3.12. The summed E-state index contributed by atoms with van der Waals surface area (Å²) >= 11 is 0. The summed E-state index contributed by atoms with van der Waals surface area (Å²) in [6.45, 7) is 14.2. The Balaban J connectivity index is 4.50. The fourth-order valence-electron chi connectivity index (χ4n) is 3.12. The summed E-state index contributed by atoms with van der Waals surface area (Å²) in [4.78, 5) is 23.1. The van der Waals surface area contributed by atoms with Crippen LogP contribution < -0.4 is 5.73 Å². The van der Waals surface area contributed by atoms with Crippen LogP contribution in [-0.2, 0) is 9.59 Å². The van der Waals surface area contributed by atoms with Gasteiger partial charge in [0.15, 0.2) is 0 Å². The Bertz CT molecular complexity index is 386. The third kappa shape index (κ3) is 7.15. The predicted molar refractivity (Wildman–Crippen MR) is 92.0 cm³/mol. The van der Waals surface area contributed by atoms with Gasteiger partial charge in [0.2, 0.25) is 5.91 Å². The highest BCUT2D eigenvalue weighted by Gasteiger charge is 2.33. The zero-order chi connectivity index (χ0) is 17.1. The lowest BCUT2D eigenvalue weighted by atomic mass is 9.59. The minimum absolute atomic E-state index is 0.125. The SMILES string of the molecule is BC(C)(CC(C)(C)CCC(C)CC(C)(C)C(N)=O)C(C)=O. The second-order valence-corrected chi connectivity index (χ2v) is 8.88. The highest BCUT2D eigenvalue weighted by molar-refractivity contribution is 6.27. The molecule has 4 heteroatoms. The Labute approximate surface area is 131 Å². The first-order valence-corrected chi connectivity index (χ1v) is 8.00. The van der Waals surface area contributed by atoms with E-state index in [1.165, 1.54) is 0 Å². The fraction of sp³-hybridized carbons (Fsp3) is 0.882. The monoisotopic (exact) mass is 295 g/mol. The van der Waals surface area contributed by atoms with Gasteiger partial charge in [-0.2, -0.15) is 0 Å². The number of hydrogen-bond acceptors (Lipinski definition) is 2. The molecule has 0 spiro atoms. The van der Waals surface area contributed by atoms with Crippen LogP contribution in [0.25, 0.3) is 0 Å². The van der Waals surface area contributed by atoms with Crippen LogP contribution in [0.5, 0.6) is 0 Å². The molecule has 2 unspecified atom stereocenters. The van der Waals surface area contributed by atoms with E-state index < -0.39 is 5.41 Å². The van der Waals surface area contributed by atoms with Crippen molar-refractivity contribution in [3.63, 3.8) is 0 Å². The van der Waals surface area contributed by atoms with E-state index in [0.717, 1.165) is 25.7 Å². The molecule has 0 fully saturated rings. The van der Waals surface area contributed by atoms with Crippen LogP contribution in [0.15, 0.2) is 0 Å². The van der Waals surface area contributed by atoms with Crippen molar-refractivity contribution in [2.45, 2.75) is 79.5 Å². The van der Waals surface area contributed by atoms with Gasteiger partial charge in [0, 0.05) is 5.41 Å². The van der Waals surface area contributed by atoms with Gasteiger partial charge < -0.3 is 10.5 Å². The van der Waals surface area contributed by atoms with E-state index in [4.69, 9.17) is 5.73 Å². The van der Waals surface area contributed by atoms with Gasteiger partial charge in [-0.15, -0.1) is 0 Å². The van der Waals surface area contributed by atoms with Gasteiger partial charge in [-0.25, -0.2) is 0 Å². The number of ketones is 1. The maximum Gasteiger partial charge on any atom is 0.223 e. The number of Topliss-reactive ketones (excluding diaryl/α,β-unsaturated/α-hetero) is 1. The lowest BCUT2D eigenvalue weighted by molar-refractivity contribution is -0.127. The third-order valence-corrected chi connectivity index (χ3v) is 4.71. The van der Waals surface area contributed by atoms with Gasteiger partial charge in [-0.05, 0) is 42.8 Å². The second-order valence-electron chi connectivity index (χ2n) is 8.88. The number of carbonyl (C=O) groups excluding carboxylic acids is 2. The van der Waals surface area contributed by atoms with Gasteiger partial charge in [-0.1, -0.05) is 48.0 Å². The van der Waals surface area contributed by atoms with E-state index in [9.17, 15) is 9.59 Å². The highest BCUT2D eigenvalue weighted by atomic mass is 16.1. The summed E-state index contributed by atoms with van der Waals surface area (Å²) in [5.74, 6) is 0.469. The number of nitrogens with two attached hydrogens (primary N) is 1. The number of carbonyl (C=O) groups is 2. The molecule has 2 atom stereocenters. The highest BCUT2D eigenvalue weighted by Crippen LogP contribution is 2.41. The first-order chi connectivity index (χ1) is 9.19. The Morgan fingerprint density at radius 3 is 2.00 bits per heavy atom. The molecule has 21 heavy (non-hydrogen) atoms. The van der Waals surface area contributed by atoms with Crippen LogP contribution in [0.2, 0.25) is 5.31 Å². The standard InChI is InChI=1S/C17H34BNO2/c1-12(10-16(5,6)14(19)21)8-9-15(3,4)11-17(7,18)13(2)20/h12H,8-11,18H2,1-7H3,(H2,19,21). The zero-order valence-corrected chi connectivity index (χ0v) is 15.3. The van der Waals surface area contributed by atoms with Crippen LogP contribution in [-0.4, -0.2) is 19.5 Å². The van der Waals surface area contributed by atoms with E-state index in [1.807, 2.05) is 28.6 Å². The molecule has 0 aromatic rings. The molecule has 0 radical (unpaired) electrons. The van der Waals surface area contributed by atoms with E-state index in [1.54, 1.807) is 6.92 Å². The summed E-state index contributed by atoms with van der Waals surface area (Å²) in [5.41, 5.74) is 5.12. The maximum atomic E-state index is 11.7. The molecule has 1 amide bonds. The molecule has 0 aromatic heterocycles. The van der Waals surface area contributed by atoms with Crippen molar-refractivity contribution in [3.8, 4) is 0 Å². The van der Waals surface area contributed by atoms with E-state index in [2.05, 4.69) is 20.8 Å².